The molecule has 3 aliphatic heterocycles. The second-order valence-electron chi connectivity index (χ2n) is 15.0. The number of amides is 2. The highest BCUT2D eigenvalue weighted by molar-refractivity contribution is 5.97. The summed E-state index contributed by atoms with van der Waals surface area (Å²) in [5, 5.41) is 0. The number of benzene rings is 1. The number of morpholine rings is 1. The SMILES string of the molecule is CC(=O)OCc1nc2c(cc1Cc1ccc(F)cc1F)N(C(=O)CN1C[C@@H](C)N(C(=O)OC(C)(C)C)C[C@@H]1CN1[C@H](C)COC[C@H]1C)[C@@H](C)CO2. The maximum absolute atomic E-state index is 14.8. The van der Waals surface area contributed by atoms with Crippen LogP contribution in [0.1, 0.15) is 72.2 Å². The molecule has 1 aromatic heterocycles. The Labute approximate surface area is 298 Å². The van der Waals surface area contributed by atoms with E-state index in [0.717, 1.165) is 6.07 Å². The topological polar surface area (TPSA) is 114 Å². The highest BCUT2D eigenvalue weighted by atomic mass is 19.1. The van der Waals surface area contributed by atoms with Gasteiger partial charge >= 0.3 is 12.1 Å². The number of ether oxygens (including phenoxy) is 4. The van der Waals surface area contributed by atoms with Crippen LogP contribution in [0.25, 0.3) is 0 Å². The van der Waals surface area contributed by atoms with Crippen molar-refractivity contribution in [2.45, 2.75) is 104 Å². The summed E-state index contributed by atoms with van der Waals surface area (Å²) in [6.45, 7) is 17.6. The molecule has 51 heavy (non-hydrogen) atoms. The number of anilines is 1. The van der Waals surface area contributed by atoms with Crippen molar-refractivity contribution in [1.29, 1.82) is 0 Å². The van der Waals surface area contributed by atoms with E-state index < -0.39 is 23.2 Å². The average molecular weight is 716 g/mol. The highest BCUT2D eigenvalue weighted by Crippen LogP contribution is 2.36. The molecule has 1 aromatic carbocycles. The summed E-state index contributed by atoms with van der Waals surface area (Å²) in [6, 6.07) is 4.61. The van der Waals surface area contributed by atoms with Gasteiger partial charge in [-0.2, -0.15) is 0 Å². The lowest BCUT2D eigenvalue weighted by molar-refractivity contribution is -0.142. The summed E-state index contributed by atoms with van der Waals surface area (Å²) in [6.07, 6.45) is -0.368. The van der Waals surface area contributed by atoms with E-state index in [9.17, 15) is 23.2 Å². The molecule has 0 spiro atoms. The van der Waals surface area contributed by atoms with Gasteiger partial charge < -0.3 is 28.7 Å². The van der Waals surface area contributed by atoms with Gasteiger partial charge in [0, 0.05) is 63.2 Å². The van der Waals surface area contributed by atoms with Crippen molar-refractivity contribution in [2.24, 2.45) is 0 Å². The van der Waals surface area contributed by atoms with E-state index >= 15 is 0 Å². The molecule has 0 N–H and O–H groups in total. The lowest BCUT2D eigenvalue weighted by Gasteiger charge is -2.49. The number of carbonyl (C=O) groups excluding carboxylic acids is 3. The van der Waals surface area contributed by atoms with Gasteiger partial charge in [0.05, 0.1) is 31.5 Å². The summed E-state index contributed by atoms with van der Waals surface area (Å²) in [5.41, 5.74) is 0.825. The smallest absolute Gasteiger partial charge is 0.410 e. The fourth-order valence-corrected chi connectivity index (χ4v) is 6.99. The number of carbonyl (C=O) groups is 3. The standard InChI is InChI=1S/C37H51F2N5O7/c1-22-14-41(30(15-42-23(2)18-48-19-24(42)3)16-43(22)36(47)51-37(6,7)8)17-34(46)44-25(4)20-50-35-33(44)12-28(32(40-35)21-49-26(5)45)11-27-9-10-29(38)13-31(27)39/h9-10,12-13,22-25,30H,11,14-21H2,1-8H3/t22-,23-,24-,25+,30+/m1/s1. The molecule has 280 valence electrons. The van der Waals surface area contributed by atoms with Crippen LogP contribution in [-0.2, 0) is 36.8 Å². The summed E-state index contributed by atoms with van der Waals surface area (Å²) >= 11 is 0. The van der Waals surface area contributed by atoms with Crippen molar-refractivity contribution in [3.05, 3.63) is 52.7 Å². The number of pyridine rings is 1. The molecule has 14 heteroatoms. The second-order valence-corrected chi connectivity index (χ2v) is 15.0. The largest absolute Gasteiger partial charge is 0.474 e. The molecular weight excluding hydrogens is 664 g/mol. The highest BCUT2D eigenvalue weighted by Gasteiger charge is 2.41. The molecule has 4 heterocycles. The van der Waals surface area contributed by atoms with Crippen molar-refractivity contribution in [1.82, 2.24) is 19.7 Å². The van der Waals surface area contributed by atoms with Crippen LogP contribution < -0.4 is 9.64 Å². The van der Waals surface area contributed by atoms with Gasteiger partial charge in [-0.1, -0.05) is 6.07 Å². The Bertz CT molecular complexity index is 1590. The third-order valence-electron chi connectivity index (χ3n) is 9.57. The molecule has 0 saturated carbocycles. The Morgan fingerprint density at radius 2 is 1.65 bits per heavy atom. The third kappa shape index (κ3) is 9.32. The fraction of sp³-hybridized carbons (Fsp3) is 0.622. The fourth-order valence-electron chi connectivity index (χ4n) is 6.99. The number of halogens is 2. The molecular formula is C37H51F2N5O7. The van der Waals surface area contributed by atoms with Gasteiger partial charge in [0.2, 0.25) is 11.8 Å². The van der Waals surface area contributed by atoms with E-state index in [0.29, 0.717) is 49.8 Å². The Hall–Kier alpha value is -3.88. The molecule has 0 radical (unpaired) electrons. The lowest BCUT2D eigenvalue weighted by atomic mass is 10.0. The first-order chi connectivity index (χ1) is 24.0. The van der Waals surface area contributed by atoms with E-state index in [2.05, 4.69) is 28.6 Å². The predicted molar refractivity (Wildman–Crippen MR) is 186 cm³/mol. The molecule has 2 amide bonds. The van der Waals surface area contributed by atoms with Crippen LogP contribution in [0, 0.1) is 11.6 Å². The number of nitrogens with zero attached hydrogens (tertiary/aromatic N) is 5. The van der Waals surface area contributed by atoms with Gasteiger partial charge in [-0.15, -0.1) is 0 Å². The maximum Gasteiger partial charge on any atom is 0.410 e. The Morgan fingerprint density at radius 3 is 2.29 bits per heavy atom. The zero-order valence-electron chi connectivity index (χ0n) is 30.9. The van der Waals surface area contributed by atoms with E-state index in [1.807, 2.05) is 34.6 Å². The first kappa shape index (κ1) is 38.4. The summed E-state index contributed by atoms with van der Waals surface area (Å²) in [5.74, 6) is -1.93. The predicted octanol–water partition coefficient (Wildman–Crippen LogP) is 4.55. The number of esters is 1. The zero-order chi connectivity index (χ0) is 37.2. The molecule has 2 fully saturated rings. The number of fused-ring (bicyclic) bond motifs is 1. The number of aromatic nitrogens is 1. The summed E-state index contributed by atoms with van der Waals surface area (Å²) in [7, 11) is 0. The van der Waals surface area contributed by atoms with Crippen LogP contribution >= 0.6 is 0 Å². The molecule has 5 rings (SSSR count). The Morgan fingerprint density at radius 1 is 0.941 bits per heavy atom. The van der Waals surface area contributed by atoms with Gasteiger partial charge in [0.15, 0.2) is 0 Å². The van der Waals surface area contributed by atoms with Gasteiger partial charge in [-0.3, -0.25) is 19.4 Å². The van der Waals surface area contributed by atoms with Crippen LogP contribution in [0.3, 0.4) is 0 Å². The molecule has 12 nitrogen and oxygen atoms in total. The molecule has 5 atom stereocenters. The number of hydrogen-bond acceptors (Lipinski definition) is 10. The molecule has 2 saturated heterocycles. The Balaban J connectivity index is 1.45. The minimum absolute atomic E-state index is 0.0154. The second kappa shape index (κ2) is 15.8. The van der Waals surface area contributed by atoms with Gasteiger partial charge in [0.1, 0.15) is 36.1 Å². The lowest BCUT2D eigenvalue weighted by Crippen LogP contribution is -2.65. The summed E-state index contributed by atoms with van der Waals surface area (Å²) < 4.78 is 51.3. The van der Waals surface area contributed by atoms with Gasteiger partial charge in [-0.25, -0.2) is 18.6 Å². The van der Waals surface area contributed by atoms with E-state index in [4.69, 9.17) is 18.9 Å². The molecule has 0 aliphatic carbocycles. The van der Waals surface area contributed by atoms with Crippen LogP contribution in [0.5, 0.6) is 5.88 Å². The quantitative estimate of drug-likeness (QED) is 0.361. The first-order valence-electron chi connectivity index (χ1n) is 17.6. The van der Waals surface area contributed by atoms with Crippen LogP contribution in [-0.4, -0.2) is 119 Å². The molecule has 3 aliphatic rings. The van der Waals surface area contributed by atoms with Crippen LogP contribution in [0.15, 0.2) is 24.3 Å². The van der Waals surface area contributed by atoms with Crippen molar-refractivity contribution in [2.75, 3.05) is 50.9 Å². The van der Waals surface area contributed by atoms with Crippen LogP contribution in [0.2, 0.25) is 0 Å². The van der Waals surface area contributed by atoms with Crippen molar-refractivity contribution in [3.8, 4) is 5.88 Å². The van der Waals surface area contributed by atoms with E-state index in [1.54, 1.807) is 15.9 Å². The minimum atomic E-state index is -0.724. The number of piperazine rings is 1. The van der Waals surface area contributed by atoms with Crippen molar-refractivity contribution >= 4 is 23.7 Å². The zero-order valence-corrected chi connectivity index (χ0v) is 30.9. The van der Waals surface area contributed by atoms with Crippen LogP contribution in [0.4, 0.5) is 19.3 Å². The van der Waals surface area contributed by atoms with E-state index in [1.165, 1.54) is 19.1 Å². The number of hydrogen-bond donors (Lipinski definition) is 0. The minimum Gasteiger partial charge on any atom is -0.474 e. The molecule has 0 unspecified atom stereocenters. The molecule has 0 bridgehead atoms. The normalized spacial score (nSPS) is 24.5. The average Bonchev–Trinajstić information content (AvgIpc) is 3.03. The van der Waals surface area contributed by atoms with Gasteiger partial charge in [-0.05, 0) is 71.7 Å². The monoisotopic (exact) mass is 715 g/mol. The van der Waals surface area contributed by atoms with E-state index in [-0.39, 0.29) is 79.8 Å². The molecule has 2 aromatic rings. The van der Waals surface area contributed by atoms with Crippen molar-refractivity contribution < 1.29 is 42.1 Å². The Kier molecular flexibility index (Phi) is 11.9. The summed E-state index contributed by atoms with van der Waals surface area (Å²) in [4.78, 5) is 52.1. The third-order valence-corrected chi connectivity index (χ3v) is 9.57. The van der Waals surface area contributed by atoms with Gasteiger partial charge in [0.25, 0.3) is 0 Å². The maximum atomic E-state index is 14.8. The van der Waals surface area contributed by atoms with Crippen molar-refractivity contribution in [3.63, 3.8) is 0 Å². The first-order valence-corrected chi connectivity index (χ1v) is 17.6. The number of rotatable bonds is 8.